The summed E-state index contributed by atoms with van der Waals surface area (Å²) in [5.74, 6) is -1.11. The molecule has 2 heterocycles. The molecule has 23 heavy (non-hydrogen) atoms. The van der Waals surface area contributed by atoms with Crippen LogP contribution in [0.2, 0.25) is 0 Å². The Kier molecular flexibility index (Phi) is 5.80. The number of aliphatic carboxylic acids is 1. The van der Waals surface area contributed by atoms with Crippen molar-refractivity contribution in [2.75, 3.05) is 13.2 Å². The van der Waals surface area contributed by atoms with Crippen LogP contribution in [0.1, 0.15) is 11.8 Å². The average molecular weight is 345 g/mol. The lowest BCUT2D eigenvalue weighted by molar-refractivity contribution is -0.135. The molecule has 11 heteroatoms. The molecule has 126 valence electrons. The zero-order valence-corrected chi connectivity index (χ0v) is 13.0. The van der Waals surface area contributed by atoms with Gasteiger partial charge >= 0.3 is 11.7 Å². The number of carboxylic acid groups (broad SMARTS) is 1. The smallest absolute Gasteiger partial charge is 0.330 e. The number of carboxylic acids is 1. The van der Waals surface area contributed by atoms with Gasteiger partial charge in [-0.1, -0.05) is 6.08 Å². The number of rotatable bonds is 7. The number of aromatic nitrogens is 2. The zero-order valence-electron chi connectivity index (χ0n) is 12.1. The topological polar surface area (TPSA) is 143 Å². The summed E-state index contributed by atoms with van der Waals surface area (Å²) in [5, 5.41) is 10.8. The van der Waals surface area contributed by atoms with E-state index in [1.807, 2.05) is 0 Å². The predicted molar refractivity (Wildman–Crippen MR) is 79.8 cm³/mol. The molecule has 10 nitrogen and oxygen atoms in total. The molecule has 0 spiro atoms. The van der Waals surface area contributed by atoms with Crippen LogP contribution < -0.4 is 16.3 Å². The van der Waals surface area contributed by atoms with Crippen LogP contribution in [0.3, 0.4) is 0 Å². The highest BCUT2D eigenvalue weighted by Crippen LogP contribution is 2.28. The summed E-state index contributed by atoms with van der Waals surface area (Å²) in [7, 11) is -2.07. The number of nitrogens with zero attached hydrogens (tertiary/aromatic N) is 1. The van der Waals surface area contributed by atoms with Gasteiger partial charge in [-0.3, -0.25) is 19.1 Å². The largest absolute Gasteiger partial charge is 0.480 e. The van der Waals surface area contributed by atoms with Crippen LogP contribution in [0.15, 0.2) is 27.9 Å². The van der Waals surface area contributed by atoms with Gasteiger partial charge in [-0.05, 0) is 13.0 Å². The molecule has 0 aliphatic carbocycles. The predicted octanol–water partition coefficient (Wildman–Crippen LogP) is -0.791. The summed E-state index contributed by atoms with van der Waals surface area (Å²) in [6.45, 7) is 1.14. The van der Waals surface area contributed by atoms with Gasteiger partial charge in [0.15, 0.2) is 6.23 Å². The highest BCUT2D eigenvalue weighted by atomic mass is 31.2. The molecule has 3 unspecified atom stereocenters. The van der Waals surface area contributed by atoms with E-state index < -0.39 is 44.6 Å². The van der Waals surface area contributed by atoms with Crippen molar-refractivity contribution in [2.24, 2.45) is 0 Å². The number of carbonyl (C=O) groups is 1. The quantitative estimate of drug-likeness (QED) is 0.372. The summed E-state index contributed by atoms with van der Waals surface area (Å²) in [6, 6.07) is 0. The molecular weight excluding hydrogens is 329 g/mol. The molecule has 1 aliphatic rings. The first kappa shape index (κ1) is 17.5. The standard InChI is InChI=1S/C12H16N3O7P/c1-7-5-15(12(19)14-11(7)18)9-3-2-8(22-9)6-21-23(20)13-4-10(16)17/h2-3,5,8-9,13,20H,4,6H2,1H3,(H,16,17)(H,14,18,19). The van der Waals surface area contributed by atoms with Gasteiger partial charge in [-0.25, -0.2) is 9.88 Å². The maximum atomic E-state index is 11.8. The van der Waals surface area contributed by atoms with E-state index in [0.717, 1.165) is 0 Å². The summed E-state index contributed by atoms with van der Waals surface area (Å²) in [5.41, 5.74) is -0.675. The molecule has 0 amide bonds. The van der Waals surface area contributed by atoms with E-state index in [1.165, 1.54) is 10.8 Å². The van der Waals surface area contributed by atoms with Crippen LogP contribution >= 0.6 is 8.53 Å². The van der Waals surface area contributed by atoms with Crippen molar-refractivity contribution >= 4 is 14.5 Å². The number of ether oxygens (including phenoxy) is 1. The highest BCUT2D eigenvalue weighted by Gasteiger charge is 2.23. The Balaban J connectivity index is 1.89. The van der Waals surface area contributed by atoms with Crippen LogP contribution in [-0.4, -0.2) is 44.8 Å². The van der Waals surface area contributed by atoms with Crippen molar-refractivity contribution < 1.29 is 24.1 Å². The molecule has 2 rings (SSSR count). The number of nitrogens with one attached hydrogen (secondary N) is 2. The van der Waals surface area contributed by atoms with Gasteiger partial charge in [-0.15, -0.1) is 0 Å². The third-order valence-corrected chi connectivity index (χ3v) is 3.77. The number of hydrogen-bond donors (Lipinski definition) is 4. The normalized spacial score (nSPS) is 21.5. The maximum Gasteiger partial charge on any atom is 0.330 e. The minimum absolute atomic E-state index is 0.0150. The Labute approximate surface area is 131 Å². The molecule has 1 aromatic heterocycles. The summed E-state index contributed by atoms with van der Waals surface area (Å²) in [4.78, 5) is 45.1. The first-order valence-corrected chi connectivity index (χ1v) is 7.81. The van der Waals surface area contributed by atoms with Crippen LogP contribution in [0.5, 0.6) is 0 Å². The van der Waals surface area contributed by atoms with Gasteiger partial charge in [0.25, 0.3) is 14.1 Å². The van der Waals surface area contributed by atoms with Crippen LogP contribution in [0, 0.1) is 6.92 Å². The Morgan fingerprint density at radius 1 is 1.52 bits per heavy atom. The molecule has 0 bridgehead atoms. The fourth-order valence-electron chi connectivity index (χ4n) is 1.84. The Morgan fingerprint density at radius 2 is 2.26 bits per heavy atom. The molecule has 0 fully saturated rings. The van der Waals surface area contributed by atoms with Crippen molar-refractivity contribution in [3.05, 3.63) is 44.8 Å². The van der Waals surface area contributed by atoms with Crippen molar-refractivity contribution in [3.8, 4) is 0 Å². The molecule has 0 radical (unpaired) electrons. The molecule has 4 N–H and O–H groups in total. The third-order valence-electron chi connectivity index (χ3n) is 2.95. The monoisotopic (exact) mass is 345 g/mol. The number of hydrogen-bond acceptors (Lipinski definition) is 7. The van der Waals surface area contributed by atoms with Crippen molar-refractivity contribution in [1.29, 1.82) is 0 Å². The molecule has 3 atom stereocenters. The van der Waals surface area contributed by atoms with E-state index in [4.69, 9.17) is 14.4 Å². The van der Waals surface area contributed by atoms with Crippen molar-refractivity contribution in [2.45, 2.75) is 19.3 Å². The summed E-state index contributed by atoms with van der Waals surface area (Å²) < 4.78 is 11.9. The van der Waals surface area contributed by atoms with Crippen LogP contribution in [0.4, 0.5) is 0 Å². The lowest BCUT2D eigenvalue weighted by atomic mass is 10.3. The maximum absolute atomic E-state index is 11.8. The van der Waals surface area contributed by atoms with E-state index in [1.54, 1.807) is 19.1 Å². The van der Waals surface area contributed by atoms with Crippen LogP contribution in [0.25, 0.3) is 0 Å². The Morgan fingerprint density at radius 3 is 2.96 bits per heavy atom. The van der Waals surface area contributed by atoms with Gasteiger partial charge in [0.05, 0.1) is 6.61 Å². The van der Waals surface area contributed by atoms with E-state index in [2.05, 4.69) is 10.1 Å². The van der Waals surface area contributed by atoms with Crippen LogP contribution in [-0.2, 0) is 14.1 Å². The van der Waals surface area contributed by atoms with Gasteiger partial charge in [0.2, 0.25) is 0 Å². The third kappa shape index (κ3) is 4.81. The fourth-order valence-corrected chi connectivity index (χ4v) is 2.49. The van der Waals surface area contributed by atoms with Gasteiger partial charge in [0.1, 0.15) is 12.6 Å². The van der Waals surface area contributed by atoms with E-state index >= 15 is 0 Å². The Bertz CT molecular complexity index is 713. The van der Waals surface area contributed by atoms with Gasteiger partial charge < -0.3 is 19.3 Å². The number of aryl methyl sites for hydroxylation is 1. The van der Waals surface area contributed by atoms with Gasteiger partial charge in [0, 0.05) is 11.8 Å². The molecule has 0 saturated heterocycles. The number of H-pyrrole nitrogens is 1. The molecule has 0 aromatic carbocycles. The highest BCUT2D eigenvalue weighted by molar-refractivity contribution is 7.43. The SMILES string of the molecule is Cc1cn(C2C=CC(COP(O)NCC(=O)O)O2)c(=O)[nH]c1=O. The fraction of sp³-hybridized carbons (Fsp3) is 0.417. The summed E-state index contributed by atoms with van der Waals surface area (Å²) >= 11 is 0. The number of aromatic amines is 1. The van der Waals surface area contributed by atoms with Gasteiger partial charge in [-0.2, -0.15) is 0 Å². The second-order valence-electron chi connectivity index (χ2n) is 4.73. The van der Waals surface area contributed by atoms with E-state index in [9.17, 15) is 19.3 Å². The first-order chi connectivity index (χ1) is 10.9. The second kappa shape index (κ2) is 7.62. The molecule has 1 aromatic rings. The van der Waals surface area contributed by atoms with Crippen molar-refractivity contribution in [3.63, 3.8) is 0 Å². The minimum Gasteiger partial charge on any atom is -0.480 e. The Hall–Kier alpha value is -1.84. The van der Waals surface area contributed by atoms with E-state index in [0.29, 0.717) is 5.56 Å². The average Bonchev–Trinajstić information content (AvgIpc) is 2.95. The van der Waals surface area contributed by atoms with E-state index in [-0.39, 0.29) is 6.61 Å². The second-order valence-corrected chi connectivity index (χ2v) is 5.85. The summed E-state index contributed by atoms with van der Waals surface area (Å²) in [6.07, 6.45) is 3.47. The molecule has 1 aliphatic heterocycles. The molecule has 0 saturated carbocycles. The minimum atomic E-state index is -2.07. The lowest BCUT2D eigenvalue weighted by Gasteiger charge is -2.17. The molecular formula is C12H16N3O7P. The zero-order chi connectivity index (χ0) is 17.0. The van der Waals surface area contributed by atoms with Crippen molar-refractivity contribution in [1.82, 2.24) is 14.6 Å². The first-order valence-electron chi connectivity index (χ1n) is 6.60. The lowest BCUT2D eigenvalue weighted by Crippen LogP contribution is -2.33.